The fraction of sp³-hybridized carbons (Fsp3) is 0.520. The monoisotopic (exact) mass is 902 g/mol. The number of hydrogen-bond donors (Lipinski definition) is 4. The summed E-state index contributed by atoms with van der Waals surface area (Å²) in [7, 11) is 2.62. The number of carbonyl (C=O) groups excluding carboxylic acids is 4. The number of methoxy groups -OCH3 is 2. The summed E-state index contributed by atoms with van der Waals surface area (Å²) >= 11 is 0. The number of nitrogens with zero attached hydrogens (tertiary/aromatic N) is 4. The lowest BCUT2D eigenvalue weighted by molar-refractivity contribution is -0.138. The average Bonchev–Trinajstić information content (AvgIpc) is 3.84. The van der Waals surface area contributed by atoms with E-state index in [1.54, 1.807) is 12.4 Å². The van der Waals surface area contributed by atoms with Crippen molar-refractivity contribution in [1.82, 2.24) is 40.4 Å². The van der Waals surface area contributed by atoms with Gasteiger partial charge in [0.05, 0.1) is 51.1 Å². The fourth-order valence-corrected chi connectivity index (χ4v) is 9.77. The van der Waals surface area contributed by atoms with Crippen LogP contribution in [0.3, 0.4) is 0 Å². The van der Waals surface area contributed by atoms with E-state index < -0.39 is 24.3 Å². The molecule has 2 aliphatic carbocycles. The second kappa shape index (κ2) is 20.6. The number of amides is 4. The van der Waals surface area contributed by atoms with E-state index in [0.717, 1.165) is 33.6 Å². The molecule has 8 rings (SSSR count). The highest BCUT2D eigenvalue weighted by molar-refractivity contribution is 5.87. The van der Waals surface area contributed by atoms with Gasteiger partial charge in [0, 0.05) is 60.8 Å². The number of H-pyrrole nitrogens is 2. The second-order valence-corrected chi connectivity index (χ2v) is 18.4. The Morgan fingerprint density at radius 2 is 0.970 bits per heavy atom. The van der Waals surface area contributed by atoms with Gasteiger partial charge >= 0.3 is 12.2 Å². The molecule has 4 amide bonds. The van der Waals surface area contributed by atoms with Crippen LogP contribution < -0.4 is 10.6 Å². The summed E-state index contributed by atoms with van der Waals surface area (Å²) in [5.74, 6) is 8.91. The Labute approximate surface area is 386 Å². The van der Waals surface area contributed by atoms with E-state index in [1.807, 2.05) is 58.3 Å². The van der Waals surface area contributed by atoms with Gasteiger partial charge in [0.25, 0.3) is 0 Å². The molecular weight excluding hydrogens is 841 g/mol. The van der Waals surface area contributed by atoms with Gasteiger partial charge in [-0.15, -0.1) is 0 Å². The van der Waals surface area contributed by atoms with E-state index in [1.165, 1.54) is 14.2 Å². The molecule has 2 aliphatic heterocycles. The van der Waals surface area contributed by atoms with E-state index in [0.29, 0.717) is 101 Å². The number of nitrogens with one attached hydrogen (secondary N) is 4. The summed E-state index contributed by atoms with van der Waals surface area (Å²) in [6, 6.07) is 14.4. The highest BCUT2D eigenvalue weighted by atomic mass is 16.5. The molecule has 0 bridgehead atoms. The van der Waals surface area contributed by atoms with Crippen molar-refractivity contribution in [3.05, 3.63) is 83.4 Å². The van der Waals surface area contributed by atoms with Crippen LogP contribution in [0.5, 0.6) is 0 Å². The smallest absolute Gasteiger partial charge is 0.407 e. The third-order valence-corrected chi connectivity index (χ3v) is 14.3. The molecule has 2 saturated carbocycles. The van der Waals surface area contributed by atoms with Gasteiger partial charge in [0.2, 0.25) is 11.8 Å². The normalized spacial score (nSPS) is 23.6. The maximum Gasteiger partial charge on any atom is 0.407 e. The van der Waals surface area contributed by atoms with Crippen molar-refractivity contribution < 1.29 is 38.1 Å². The minimum atomic E-state index is -0.706. The lowest BCUT2D eigenvalue weighted by atomic mass is 9.90. The highest BCUT2D eigenvalue weighted by Gasteiger charge is 2.52. The second-order valence-electron chi connectivity index (χ2n) is 18.4. The van der Waals surface area contributed by atoms with Crippen molar-refractivity contribution >= 4 is 24.0 Å². The van der Waals surface area contributed by atoms with Crippen molar-refractivity contribution in [3.8, 4) is 34.6 Å². The first-order valence-electron chi connectivity index (χ1n) is 23.2. The molecule has 2 unspecified atom stereocenters. The zero-order valence-electron chi connectivity index (χ0n) is 38.7. The topological polar surface area (TPSA) is 193 Å². The molecule has 16 heteroatoms. The lowest BCUT2D eigenvalue weighted by Gasteiger charge is -2.34. The number of imidazole rings is 2. The average molecular weight is 903 g/mol. The SMILES string of the molecule is COC(=O)N[C@H](C(=O)N(Cc1cnc(-c2ccc(C#Cc3ccc(-c4ncc(CN(C(=O)[C@@H](NC(=O)OC)C5CCOCC5)C5[C@@H](C)[C@H]5C)[nH]4)cc3)cc2)[nH]1)C1[C@@H](C)[C@H]1C)C1CCOCC1. The van der Waals surface area contributed by atoms with Gasteiger partial charge in [0.15, 0.2) is 0 Å². The molecule has 2 aromatic carbocycles. The van der Waals surface area contributed by atoms with Crippen molar-refractivity contribution in [2.75, 3.05) is 40.6 Å². The van der Waals surface area contributed by atoms with Crippen molar-refractivity contribution in [3.63, 3.8) is 0 Å². The van der Waals surface area contributed by atoms with Gasteiger partial charge in [-0.3, -0.25) is 9.59 Å². The van der Waals surface area contributed by atoms with E-state index in [9.17, 15) is 19.2 Å². The summed E-state index contributed by atoms with van der Waals surface area (Å²) in [4.78, 5) is 73.2. The van der Waals surface area contributed by atoms with Gasteiger partial charge in [0.1, 0.15) is 23.7 Å². The van der Waals surface area contributed by atoms with Crippen LogP contribution in [-0.2, 0) is 41.6 Å². The number of aromatic nitrogens is 4. The molecule has 350 valence electrons. The zero-order chi connectivity index (χ0) is 46.5. The molecule has 2 aromatic heterocycles. The van der Waals surface area contributed by atoms with Crippen LogP contribution in [0.2, 0.25) is 0 Å². The van der Waals surface area contributed by atoms with Gasteiger partial charge < -0.3 is 49.3 Å². The third-order valence-electron chi connectivity index (χ3n) is 14.3. The molecule has 4 heterocycles. The van der Waals surface area contributed by atoms with E-state index in [4.69, 9.17) is 18.9 Å². The summed E-state index contributed by atoms with van der Waals surface area (Å²) in [5.41, 5.74) is 5.06. The number of benzene rings is 2. The van der Waals surface area contributed by atoms with Crippen molar-refractivity contribution in [2.45, 2.75) is 90.6 Å². The molecule has 16 nitrogen and oxygen atoms in total. The van der Waals surface area contributed by atoms with Crippen LogP contribution >= 0.6 is 0 Å². The molecule has 0 spiro atoms. The van der Waals surface area contributed by atoms with Crippen molar-refractivity contribution in [1.29, 1.82) is 0 Å². The minimum absolute atomic E-state index is 0.0453. The molecule has 4 aromatic rings. The first-order chi connectivity index (χ1) is 31.9. The zero-order valence-corrected chi connectivity index (χ0v) is 38.7. The van der Waals surface area contributed by atoms with Gasteiger partial charge in [-0.1, -0.05) is 63.8 Å². The van der Waals surface area contributed by atoms with Crippen LogP contribution in [0.15, 0.2) is 60.9 Å². The largest absolute Gasteiger partial charge is 0.453 e. The Morgan fingerprint density at radius 3 is 1.29 bits per heavy atom. The summed E-state index contributed by atoms with van der Waals surface area (Å²) in [6.45, 7) is 11.5. The van der Waals surface area contributed by atoms with Crippen LogP contribution in [0.25, 0.3) is 22.8 Å². The van der Waals surface area contributed by atoms with E-state index in [-0.39, 0.29) is 35.7 Å². The predicted octanol–water partition coefficient (Wildman–Crippen LogP) is 6.14. The Kier molecular flexibility index (Phi) is 14.4. The number of ether oxygens (including phenoxy) is 4. The van der Waals surface area contributed by atoms with Crippen LogP contribution in [-0.4, -0.2) is 119 Å². The number of carbonyl (C=O) groups is 4. The number of alkyl carbamates (subject to hydrolysis) is 2. The maximum absolute atomic E-state index is 14.2. The Hall–Kier alpha value is -6.18. The number of aromatic amines is 2. The Morgan fingerprint density at radius 1 is 0.621 bits per heavy atom. The van der Waals surface area contributed by atoms with Crippen LogP contribution in [0, 0.1) is 47.3 Å². The number of hydrogen-bond acceptors (Lipinski definition) is 10. The highest BCUT2D eigenvalue weighted by Crippen LogP contribution is 2.45. The molecule has 66 heavy (non-hydrogen) atoms. The van der Waals surface area contributed by atoms with Gasteiger partial charge in [-0.2, -0.15) is 0 Å². The molecule has 0 radical (unpaired) electrons. The lowest BCUT2D eigenvalue weighted by Crippen LogP contribution is -2.54. The van der Waals surface area contributed by atoms with Gasteiger partial charge in [-0.05, 0) is 85.5 Å². The maximum atomic E-state index is 14.2. The first-order valence-corrected chi connectivity index (χ1v) is 23.2. The van der Waals surface area contributed by atoms with E-state index in [2.05, 4.69) is 70.1 Å². The van der Waals surface area contributed by atoms with Crippen LogP contribution in [0.4, 0.5) is 9.59 Å². The van der Waals surface area contributed by atoms with Crippen molar-refractivity contribution in [2.24, 2.45) is 35.5 Å². The summed E-state index contributed by atoms with van der Waals surface area (Å²) in [6.07, 6.45) is 5.04. The van der Waals surface area contributed by atoms with Crippen LogP contribution in [0.1, 0.15) is 75.9 Å². The van der Waals surface area contributed by atoms with Gasteiger partial charge in [-0.25, -0.2) is 19.6 Å². The summed E-state index contributed by atoms with van der Waals surface area (Å²) in [5, 5.41) is 5.68. The predicted molar refractivity (Wildman–Crippen MR) is 245 cm³/mol. The Balaban J connectivity index is 0.899. The number of rotatable bonds is 14. The quantitative estimate of drug-likeness (QED) is 0.107. The molecule has 2 saturated heterocycles. The van der Waals surface area contributed by atoms with E-state index >= 15 is 0 Å². The minimum Gasteiger partial charge on any atom is -0.453 e. The molecule has 4 N–H and O–H groups in total. The standard InChI is InChI=1S/C50H62N8O8/c1-29-30(2)43(29)57(47(59)41(55-49(61)63-5)35-17-21-65-22-18-35)27-39-25-51-45(53-39)37-13-9-33(10-14-37)7-8-34-11-15-38(16-12-34)46-52-26-40(54-46)28-58(44-31(3)32(44)4)48(60)42(56-50(62)64-6)36-19-23-66-24-20-36/h9-16,25-26,29-32,35-36,41-44H,17-24,27-28H2,1-6H3,(H,51,53)(H,52,54)(H,55,61)(H,56,62)/t29-,30+,31-,32+,41-,42-,43?,44?/m0/s1. The fourth-order valence-electron chi connectivity index (χ4n) is 9.77. The first kappa shape index (κ1) is 46.4. The molecule has 8 atom stereocenters. The Bertz CT molecular complexity index is 2210. The molecular formula is C50H62N8O8. The summed E-state index contributed by atoms with van der Waals surface area (Å²) < 4.78 is 20.9. The molecule has 4 fully saturated rings. The third kappa shape index (κ3) is 10.6. The molecule has 4 aliphatic rings.